The number of aliphatic hydroxyl groups excluding tert-OH is 1. The van der Waals surface area contributed by atoms with E-state index >= 15 is 0 Å². The Morgan fingerprint density at radius 3 is 2.24 bits per heavy atom. The third kappa shape index (κ3) is 6.43. The van der Waals surface area contributed by atoms with Crippen molar-refractivity contribution in [2.45, 2.75) is 32.9 Å². The van der Waals surface area contributed by atoms with Gasteiger partial charge in [0.25, 0.3) is 5.91 Å². The van der Waals surface area contributed by atoms with Crippen molar-refractivity contribution >= 4 is 11.6 Å². The fourth-order valence-corrected chi connectivity index (χ4v) is 5.65. The lowest BCUT2D eigenvalue weighted by Crippen LogP contribution is -2.49. The SMILES string of the molecule is Cc1cccc(C)c1N1CCN(C(=O)c2coc(CN3CCN(CC(O)Cc4ccccc4)CC3)n2)CC1. The molecule has 2 aromatic carbocycles. The highest BCUT2D eigenvalue weighted by Crippen LogP contribution is 2.26. The van der Waals surface area contributed by atoms with E-state index < -0.39 is 0 Å². The molecule has 2 fully saturated rings. The van der Waals surface area contributed by atoms with Gasteiger partial charge in [-0.2, -0.15) is 0 Å². The lowest BCUT2D eigenvalue weighted by atomic mass is 10.1. The number of β-amino-alcohol motifs (C(OH)–C–C–N with tert-alkyl or cyclic N) is 1. The molecule has 1 amide bonds. The normalized spacial score (nSPS) is 18.1. The molecule has 5 rings (SSSR count). The average Bonchev–Trinajstić information content (AvgIpc) is 3.39. The summed E-state index contributed by atoms with van der Waals surface area (Å²) in [6.07, 6.45) is 1.81. The maximum absolute atomic E-state index is 13.1. The fourth-order valence-electron chi connectivity index (χ4n) is 5.65. The minimum absolute atomic E-state index is 0.0571. The number of benzene rings is 2. The van der Waals surface area contributed by atoms with Crippen molar-refractivity contribution in [2.75, 3.05) is 63.8 Å². The van der Waals surface area contributed by atoms with Crippen LogP contribution < -0.4 is 4.90 Å². The minimum atomic E-state index is -0.369. The number of amides is 1. The van der Waals surface area contributed by atoms with Gasteiger partial charge in [0.1, 0.15) is 6.26 Å². The first-order chi connectivity index (χ1) is 18.5. The zero-order chi connectivity index (χ0) is 26.5. The standard InChI is InChI=1S/C30H39N5O3/c1-23-7-6-8-24(2)29(23)34-15-17-35(18-16-34)30(37)27-22-38-28(31-27)21-33-13-11-32(12-14-33)20-26(36)19-25-9-4-3-5-10-25/h3-10,22,26,36H,11-21H2,1-2H3. The molecule has 8 heteroatoms. The van der Waals surface area contributed by atoms with Crippen molar-refractivity contribution in [2.24, 2.45) is 0 Å². The van der Waals surface area contributed by atoms with Gasteiger partial charge >= 0.3 is 0 Å². The van der Waals surface area contributed by atoms with Crippen LogP contribution in [-0.2, 0) is 13.0 Å². The molecule has 2 aliphatic rings. The second-order valence-electron chi connectivity index (χ2n) is 10.6. The topological polar surface area (TPSA) is 76.3 Å². The van der Waals surface area contributed by atoms with Crippen LogP contribution in [0.4, 0.5) is 5.69 Å². The lowest BCUT2D eigenvalue weighted by Gasteiger charge is -2.37. The molecule has 1 atom stereocenters. The molecule has 3 heterocycles. The van der Waals surface area contributed by atoms with Gasteiger partial charge in [-0.05, 0) is 37.0 Å². The number of aromatic nitrogens is 1. The van der Waals surface area contributed by atoms with Crippen LogP contribution in [0.25, 0.3) is 0 Å². The Morgan fingerprint density at radius 2 is 1.55 bits per heavy atom. The molecular formula is C30H39N5O3. The number of piperazine rings is 2. The number of aryl methyl sites for hydroxylation is 2. The second-order valence-corrected chi connectivity index (χ2v) is 10.6. The monoisotopic (exact) mass is 517 g/mol. The lowest BCUT2D eigenvalue weighted by molar-refractivity contribution is 0.0675. The summed E-state index contributed by atoms with van der Waals surface area (Å²) in [5.41, 5.74) is 5.39. The molecule has 0 radical (unpaired) electrons. The van der Waals surface area contributed by atoms with Crippen molar-refractivity contribution in [3.63, 3.8) is 0 Å². The number of hydrogen-bond donors (Lipinski definition) is 1. The molecule has 8 nitrogen and oxygen atoms in total. The summed E-state index contributed by atoms with van der Waals surface area (Å²) in [6, 6.07) is 16.5. The highest BCUT2D eigenvalue weighted by Gasteiger charge is 2.26. The highest BCUT2D eigenvalue weighted by atomic mass is 16.3. The first-order valence-corrected chi connectivity index (χ1v) is 13.7. The van der Waals surface area contributed by atoms with E-state index in [4.69, 9.17) is 4.42 Å². The average molecular weight is 518 g/mol. The van der Waals surface area contributed by atoms with Gasteiger partial charge < -0.3 is 19.3 Å². The van der Waals surface area contributed by atoms with E-state index in [9.17, 15) is 9.90 Å². The van der Waals surface area contributed by atoms with Crippen LogP contribution in [0.1, 0.15) is 33.1 Å². The molecule has 0 bridgehead atoms. The van der Waals surface area contributed by atoms with Gasteiger partial charge in [-0.25, -0.2) is 4.98 Å². The van der Waals surface area contributed by atoms with Gasteiger partial charge in [0.2, 0.25) is 5.89 Å². The van der Waals surface area contributed by atoms with Crippen LogP contribution >= 0.6 is 0 Å². The number of carbonyl (C=O) groups excluding carboxylic acids is 1. The quantitative estimate of drug-likeness (QED) is 0.492. The smallest absolute Gasteiger partial charge is 0.275 e. The number of para-hydroxylation sites is 1. The zero-order valence-corrected chi connectivity index (χ0v) is 22.6. The molecule has 1 N–H and O–H groups in total. The summed E-state index contributed by atoms with van der Waals surface area (Å²) in [4.78, 5) is 26.5. The van der Waals surface area contributed by atoms with E-state index in [-0.39, 0.29) is 12.0 Å². The molecule has 2 saturated heterocycles. The van der Waals surface area contributed by atoms with Crippen LogP contribution in [0.3, 0.4) is 0 Å². The highest BCUT2D eigenvalue weighted by molar-refractivity contribution is 5.92. The number of carbonyl (C=O) groups is 1. The maximum atomic E-state index is 13.1. The number of oxazole rings is 1. The molecule has 38 heavy (non-hydrogen) atoms. The molecule has 0 saturated carbocycles. The van der Waals surface area contributed by atoms with Crippen molar-refractivity contribution in [1.29, 1.82) is 0 Å². The largest absolute Gasteiger partial charge is 0.447 e. The predicted octanol–water partition coefficient (Wildman–Crippen LogP) is 2.98. The van der Waals surface area contributed by atoms with Gasteiger partial charge in [-0.1, -0.05) is 48.5 Å². The molecule has 0 spiro atoms. The summed E-state index contributed by atoms with van der Waals surface area (Å²) in [5, 5.41) is 10.5. The minimum Gasteiger partial charge on any atom is -0.447 e. The van der Waals surface area contributed by atoms with E-state index in [1.165, 1.54) is 23.1 Å². The number of anilines is 1. The van der Waals surface area contributed by atoms with Crippen LogP contribution in [0.5, 0.6) is 0 Å². The zero-order valence-electron chi connectivity index (χ0n) is 22.6. The summed E-state index contributed by atoms with van der Waals surface area (Å²) in [7, 11) is 0. The Kier molecular flexibility index (Phi) is 8.42. The Bertz CT molecular complexity index is 1180. The van der Waals surface area contributed by atoms with Crippen molar-refractivity contribution in [3.05, 3.63) is 83.1 Å². The third-order valence-electron chi connectivity index (χ3n) is 7.70. The summed E-state index contributed by atoms with van der Waals surface area (Å²) >= 11 is 0. The molecule has 1 aromatic heterocycles. The van der Waals surface area contributed by atoms with E-state index in [0.29, 0.717) is 44.2 Å². The van der Waals surface area contributed by atoms with Gasteiger partial charge in [0.15, 0.2) is 5.69 Å². The van der Waals surface area contributed by atoms with E-state index in [0.717, 1.165) is 44.8 Å². The third-order valence-corrected chi connectivity index (χ3v) is 7.70. The molecule has 0 aliphatic carbocycles. The number of rotatable bonds is 8. The Balaban J connectivity index is 1.06. The second kappa shape index (κ2) is 12.1. The van der Waals surface area contributed by atoms with Crippen molar-refractivity contribution < 1.29 is 14.3 Å². The van der Waals surface area contributed by atoms with E-state index in [2.05, 4.69) is 63.9 Å². The Hall–Kier alpha value is -3.20. The molecule has 1 unspecified atom stereocenters. The van der Waals surface area contributed by atoms with Gasteiger partial charge in [-0.15, -0.1) is 0 Å². The summed E-state index contributed by atoms with van der Waals surface area (Å²) in [5.74, 6) is 0.526. The van der Waals surface area contributed by atoms with Gasteiger partial charge in [-0.3, -0.25) is 14.6 Å². The van der Waals surface area contributed by atoms with Crippen LogP contribution in [0, 0.1) is 13.8 Å². The van der Waals surface area contributed by atoms with Crippen molar-refractivity contribution in [1.82, 2.24) is 19.7 Å². The predicted molar refractivity (Wildman–Crippen MR) is 148 cm³/mol. The molecule has 3 aromatic rings. The molecule has 2 aliphatic heterocycles. The van der Waals surface area contributed by atoms with E-state index in [1.54, 1.807) is 0 Å². The first kappa shape index (κ1) is 26.4. The Morgan fingerprint density at radius 1 is 0.895 bits per heavy atom. The Labute approximate surface area is 225 Å². The number of hydrogen-bond acceptors (Lipinski definition) is 7. The number of nitrogens with zero attached hydrogens (tertiary/aromatic N) is 5. The van der Waals surface area contributed by atoms with Crippen molar-refractivity contribution in [3.8, 4) is 0 Å². The molecular weight excluding hydrogens is 478 g/mol. The summed E-state index contributed by atoms with van der Waals surface area (Å²) < 4.78 is 5.69. The fraction of sp³-hybridized carbons (Fsp3) is 0.467. The molecule has 202 valence electrons. The van der Waals surface area contributed by atoms with Crippen LogP contribution in [0.2, 0.25) is 0 Å². The summed E-state index contributed by atoms with van der Waals surface area (Å²) in [6.45, 7) is 12.1. The van der Waals surface area contributed by atoms with Crippen LogP contribution in [-0.4, -0.2) is 95.7 Å². The first-order valence-electron chi connectivity index (χ1n) is 13.7. The van der Waals surface area contributed by atoms with E-state index in [1.807, 2.05) is 23.1 Å². The van der Waals surface area contributed by atoms with Gasteiger partial charge in [0.05, 0.1) is 12.6 Å². The van der Waals surface area contributed by atoms with Crippen LogP contribution in [0.15, 0.2) is 59.2 Å². The number of aliphatic hydroxyl groups is 1. The van der Waals surface area contributed by atoms with Gasteiger partial charge in [0, 0.05) is 64.6 Å². The maximum Gasteiger partial charge on any atom is 0.275 e.